The van der Waals surface area contributed by atoms with E-state index in [9.17, 15) is 0 Å². The molecule has 0 unspecified atom stereocenters. The maximum absolute atomic E-state index is 6.03. The molecule has 2 aromatic heterocycles. The summed E-state index contributed by atoms with van der Waals surface area (Å²) in [6, 6.07) is 6.16. The number of para-hydroxylation sites is 1. The Bertz CT molecular complexity index is 729. The molecule has 1 aromatic carbocycles. The Balaban J connectivity index is 2.15. The summed E-state index contributed by atoms with van der Waals surface area (Å²) in [4.78, 5) is 9.13. The predicted molar refractivity (Wildman–Crippen MR) is 80.0 cm³/mol. The fourth-order valence-corrected chi connectivity index (χ4v) is 3.26. The van der Waals surface area contributed by atoms with E-state index in [-0.39, 0.29) is 0 Å². The molecule has 0 aliphatic rings. The number of halogens is 1. The normalized spacial score (nSPS) is 11.3. The van der Waals surface area contributed by atoms with Crippen LogP contribution >= 0.6 is 22.9 Å². The fraction of sp³-hybridized carbons (Fsp3) is 0.286. The van der Waals surface area contributed by atoms with Gasteiger partial charge in [-0.3, -0.25) is 0 Å². The van der Waals surface area contributed by atoms with Crippen LogP contribution in [-0.4, -0.2) is 14.5 Å². The van der Waals surface area contributed by atoms with Crippen molar-refractivity contribution >= 4 is 34.0 Å². The molecule has 3 nitrogen and oxygen atoms in total. The van der Waals surface area contributed by atoms with E-state index in [1.54, 1.807) is 11.3 Å². The summed E-state index contributed by atoms with van der Waals surface area (Å²) in [5.41, 5.74) is 4.44. The van der Waals surface area contributed by atoms with E-state index in [0.29, 0.717) is 5.88 Å². The molecule has 98 valence electrons. The van der Waals surface area contributed by atoms with Crippen LogP contribution in [-0.2, 0) is 12.4 Å². The summed E-state index contributed by atoms with van der Waals surface area (Å²) >= 11 is 7.71. The van der Waals surface area contributed by atoms with Gasteiger partial charge in [0.05, 0.1) is 23.5 Å². The molecule has 0 bridgehead atoms. The Labute approximate surface area is 120 Å². The van der Waals surface area contributed by atoms with Crippen molar-refractivity contribution in [1.82, 2.24) is 14.5 Å². The van der Waals surface area contributed by atoms with Gasteiger partial charge in [-0.25, -0.2) is 9.97 Å². The Morgan fingerprint density at radius 2 is 2.11 bits per heavy atom. The number of hydrogen-bond acceptors (Lipinski definition) is 3. The molecule has 0 atom stereocenters. The molecule has 3 aromatic rings. The zero-order valence-electron chi connectivity index (χ0n) is 10.9. The highest BCUT2D eigenvalue weighted by Crippen LogP contribution is 2.23. The van der Waals surface area contributed by atoms with Gasteiger partial charge >= 0.3 is 0 Å². The first-order valence-electron chi connectivity index (χ1n) is 6.10. The maximum Gasteiger partial charge on any atom is 0.125 e. The van der Waals surface area contributed by atoms with Crippen molar-refractivity contribution < 1.29 is 0 Å². The molecule has 0 fully saturated rings. The van der Waals surface area contributed by atoms with Crippen molar-refractivity contribution in [2.45, 2.75) is 26.3 Å². The Hall–Kier alpha value is -1.39. The molecule has 3 rings (SSSR count). The summed E-state index contributed by atoms with van der Waals surface area (Å²) < 4.78 is 2.18. The molecule has 0 aliphatic carbocycles. The Morgan fingerprint density at radius 3 is 2.79 bits per heavy atom. The molecule has 0 aliphatic heterocycles. The highest BCUT2D eigenvalue weighted by atomic mass is 35.5. The van der Waals surface area contributed by atoms with Crippen LogP contribution in [0.1, 0.15) is 22.1 Å². The first-order valence-corrected chi connectivity index (χ1v) is 7.52. The van der Waals surface area contributed by atoms with Gasteiger partial charge in [0, 0.05) is 11.1 Å². The molecule has 19 heavy (non-hydrogen) atoms. The maximum atomic E-state index is 6.03. The number of thiazole rings is 1. The third kappa shape index (κ3) is 2.26. The monoisotopic (exact) mass is 291 g/mol. The van der Waals surface area contributed by atoms with E-state index in [1.165, 1.54) is 5.56 Å². The SMILES string of the molecule is Cc1csc(Cn2c(CCl)nc3cccc(C)c32)n1. The second-order valence-corrected chi connectivity index (χ2v) is 5.78. The average Bonchev–Trinajstić information content (AvgIpc) is 2.95. The van der Waals surface area contributed by atoms with Crippen LogP contribution in [0.3, 0.4) is 0 Å². The highest BCUT2D eigenvalue weighted by molar-refractivity contribution is 7.09. The lowest BCUT2D eigenvalue weighted by atomic mass is 10.2. The van der Waals surface area contributed by atoms with Gasteiger partial charge in [-0.1, -0.05) is 12.1 Å². The molecule has 5 heteroatoms. The van der Waals surface area contributed by atoms with Crippen LogP contribution in [0.5, 0.6) is 0 Å². The van der Waals surface area contributed by atoms with Gasteiger partial charge in [-0.05, 0) is 25.5 Å². The minimum atomic E-state index is 0.415. The molecular formula is C14H14ClN3S. The van der Waals surface area contributed by atoms with E-state index < -0.39 is 0 Å². The van der Waals surface area contributed by atoms with E-state index in [4.69, 9.17) is 11.6 Å². The van der Waals surface area contributed by atoms with Gasteiger partial charge in [-0.15, -0.1) is 22.9 Å². The minimum Gasteiger partial charge on any atom is -0.320 e. The molecule has 0 saturated carbocycles. The van der Waals surface area contributed by atoms with E-state index in [1.807, 2.05) is 19.1 Å². The van der Waals surface area contributed by atoms with Gasteiger partial charge in [0.2, 0.25) is 0 Å². The van der Waals surface area contributed by atoms with Gasteiger partial charge < -0.3 is 4.57 Å². The summed E-state index contributed by atoms with van der Waals surface area (Å²) in [5, 5.41) is 3.16. The van der Waals surface area contributed by atoms with Gasteiger partial charge in [-0.2, -0.15) is 0 Å². The molecule has 0 radical (unpaired) electrons. The van der Waals surface area contributed by atoms with Crippen LogP contribution < -0.4 is 0 Å². The lowest BCUT2D eigenvalue weighted by molar-refractivity contribution is 0.769. The van der Waals surface area contributed by atoms with Crippen molar-refractivity contribution in [2.75, 3.05) is 0 Å². The van der Waals surface area contributed by atoms with Crippen LogP contribution in [0.15, 0.2) is 23.6 Å². The number of aromatic nitrogens is 3. The first kappa shape index (κ1) is 12.6. The lowest BCUT2D eigenvalue weighted by Crippen LogP contribution is -2.04. The number of alkyl halides is 1. The van der Waals surface area contributed by atoms with Gasteiger partial charge in [0.25, 0.3) is 0 Å². The van der Waals surface area contributed by atoms with Gasteiger partial charge in [0.1, 0.15) is 10.8 Å². The van der Waals surface area contributed by atoms with E-state index in [2.05, 4.69) is 32.9 Å². The van der Waals surface area contributed by atoms with Crippen LogP contribution in [0.25, 0.3) is 11.0 Å². The zero-order chi connectivity index (χ0) is 13.4. The minimum absolute atomic E-state index is 0.415. The number of aryl methyl sites for hydroxylation is 2. The van der Waals surface area contributed by atoms with Crippen molar-refractivity contribution in [2.24, 2.45) is 0 Å². The largest absolute Gasteiger partial charge is 0.320 e. The quantitative estimate of drug-likeness (QED) is 0.685. The zero-order valence-corrected chi connectivity index (χ0v) is 12.4. The van der Waals surface area contributed by atoms with Crippen LogP contribution in [0, 0.1) is 13.8 Å². The van der Waals surface area contributed by atoms with Crippen LogP contribution in [0.2, 0.25) is 0 Å². The number of nitrogens with zero attached hydrogens (tertiary/aromatic N) is 3. The summed E-state index contributed by atoms with van der Waals surface area (Å²) in [6.07, 6.45) is 0. The van der Waals surface area contributed by atoms with Crippen molar-refractivity contribution in [3.05, 3.63) is 45.7 Å². The average molecular weight is 292 g/mol. The standard InChI is InChI=1S/C14H14ClN3S/c1-9-4-3-5-11-14(9)18(12(6-15)17-11)7-13-16-10(2)8-19-13/h3-5,8H,6-7H2,1-2H3. The first-order chi connectivity index (χ1) is 9.19. The lowest BCUT2D eigenvalue weighted by Gasteiger charge is -2.07. The van der Waals surface area contributed by atoms with Crippen LogP contribution in [0.4, 0.5) is 0 Å². The predicted octanol–water partition coefficient (Wildman–Crippen LogP) is 3.90. The second-order valence-electron chi connectivity index (χ2n) is 4.57. The Kier molecular flexibility index (Phi) is 3.29. The Morgan fingerprint density at radius 1 is 1.26 bits per heavy atom. The number of benzene rings is 1. The summed E-state index contributed by atoms with van der Waals surface area (Å²) in [5.74, 6) is 1.32. The fourth-order valence-electron chi connectivity index (χ4n) is 2.30. The number of rotatable bonds is 3. The summed E-state index contributed by atoms with van der Waals surface area (Å²) in [7, 11) is 0. The summed E-state index contributed by atoms with van der Waals surface area (Å²) in [6.45, 7) is 4.85. The second kappa shape index (κ2) is 4.94. The van der Waals surface area contributed by atoms with Crippen molar-refractivity contribution in [1.29, 1.82) is 0 Å². The molecular weight excluding hydrogens is 278 g/mol. The van der Waals surface area contributed by atoms with E-state index in [0.717, 1.165) is 34.1 Å². The molecule has 0 spiro atoms. The third-order valence-corrected chi connectivity index (χ3v) is 4.32. The van der Waals surface area contributed by atoms with E-state index >= 15 is 0 Å². The smallest absolute Gasteiger partial charge is 0.125 e. The molecule has 0 amide bonds. The molecule has 0 saturated heterocycles. The third-order valence-electron chi connectivity index (χ3n) is 3.13. The number of imidazole rings is 1. The number of hydrogen-bond donors (Lipinski definition) is 0. The molecule has 0 N–H and O–H groups in total. The topological polar surface area (TPSA) is 30.7 Å². The molecule has 2 heterocycles. The van der Waals surface area contributed by atoms with Crippen molar-refractivity contribution in [3.63, 3.8) is 0 Å². The highest BCUT2D eigenvalue weighted by Gasteiger charge is 2.13. The van der Waals surface area contributed by atoms with Crippen molar-refractivity contribution in [3.8, 4) is 0 Å². The van der Waals surface area contributed by atoms with Gasteiger partial charge in [0.15, 0.2) is 0 Å². The number of fused-ring (bicyclic) bond motifs is 1.